The number of rotatable bonds is 4. The van der Waals surface area contributed by atoms with Crippen molar-refractivity contribution < 1.29 is 4.74 Å². The normalized spacial score (nSPS) is 16.8. The molecule has 22 heavy (non-hydrogen) atoms. The zero-order valence-electron chi connectivity index (χ0n) is 13.4. The van der Waals surface area contributed by atoms with Crippen LogP contribution < -0.4 is 15.4 Å². The highest BCUT2D eigenvalue weighted by molar-refractivity contribution is 5.56. The van der Waals surface area contributed by atoms with Crippen molar-refractivity contribution in [1.82, 2.24) is 0 Å². The van der Waals surface area contributed by atoms with Crippen LogP contribution in [0.5, 0.6) is 5.75 Å². The Morgan fingerprint density at radius 3 is 2.59 bits per heavy atom. The molecule has 2 aromatic rings. The third-order valence-electron chi connectivity index (χ3n) is 4.48. The monoisotopic (exact) mass is 296 g/mol. The molecule has 3 rings (SSSR count). The van der Waals surface area contributed by atoms with E-state index in [0.717, 1.165) is 30.8 Å². The Morgan fingerprint density at radius 2 is 1.86 bits per heavy atom. The predicted octanol–water partition coefficient (Wildman–Crippen LogP) is 3.32. The minimum Gasteiger partial charge on any atom is -0.497 e. The molecule has 1 aliphatic rings. The second kappa shape index (κ2) is 6.01. The number of aryl methyl sites for hydroxylation is 1. The number of ether oxygens (including phenoxy) is 1. The Bertz CT molecular complexity index is 634. The van der Waals surface area contributed by atoms with Gasteiger partial charge in [0.1, 0.15) is 5.75 Å². The molecular weight excluding hydrogens is 272 g/mol. The molecule has 0 bridgehead atoms. The number of benzene rings is 2. The third kappa shape index (κ3) is 2.95. The molecule has 1 heterocycles. The Labute approximate surface area is 132 Å². The molecule has 0 amide bonds. The number of nitrogens with zero attached hydrogens (tertiary/aromatic N) is 1. The third-order valence-corrected chi connectivity index (χ3v) is 4.48. The van der Waals surface area contributed by atoms with Crippen molar-refractivity contribution in [2.75, 3.05) is 25.1 Å². The fourth-order valence-corrected chi connectivity index (χ4v) is 3.24. The number of methoxy groups -OCH3 is 1. The van der Waals surface area contributed by atoms with E-state index in [4.69, 9.17) is 10.5 Å². The molecule has 2 aromatic carbocycles. The van der Waals surface area contributed by atoms with Gasteiger partial charge in [0.15, 0.2) is 0 Å². The van der Waals surface area contributed by atoms with Gasteiger partial charge in [0.2, 0.25) is 0 Å². The first-order valence-electron chi connectivity index (χ1n) is 7.86. The minimum atomic E-state index is -0.392. The number of anilines is 1. The highest BCUT2D eigenvalue weighted by Crippen LogP contribution is 2.30. The van der Waals surface area contributed by atoms with E-state index in [0.29, 0.717) is 0 Å². The van der Waals surface area contributed by atoms with Crippen LogP contribution in [0, 0.1) is 0 Å². The lowest BCUT2D eigenvalue weighted by Gasteiger charge is -2.38. The zero-order chi connectivity index (χ0) is 15.6. The van der Waals surface area contributed by atoms with Crippen molar-refractivity contribution >= 4 is 5.69 Å². The van der Waals surface area contributed by atoms with Crippen LogP contribution in [0.15, 0.2) is 48.5 Å². The lowest BCUT2D eigenvalue weighted by Crippen LogP contribution is -2.47. The van der Waals surface area contributed by atoms with E-state index in [2.05, 4.69) is 48.2 Å². The van der Waals surface area contributed by atoms with Gasteiger partial charge in [-0.1, -0.05) is 30.3 Å². The molecule has 0 radical (unpaired) electrons. The molecule has 3 nitrogen and oxygen atoms in total. The van der Waals surface area contributed by atoms with Crippen LogP contribution in [0.1, 0.15) is 24.5 Å². The van der Waals surface area contributed by atoms with Crippen LogP contribution in [0.3, 0.4) is 0 Å². The van der Waals surface area contributed by atoms with E-state index in [9.17, 15) is 0 Å². The first kappa shape index (κ1) is 14.9. The van der Waals surface area contributed by atoms with Crippen LogP contribution in [0.25, 0.3) is 0 Å². The van der Waals surface area contributed by atoms with Crippen LogP contribution in [0.2, 0.25) is 0 Å². The first-order valence-corrected chi connectivity index (χ1v) is 7.86. The Kier molecular flexibility index (Phi) is 4.08. The largest absolute Gasteiger partial charge is 0.497 e. The highest BCUT2D eigenvalue weighted by Gasteiger charge is 2.27. The quantitative estimate of drug-likeness (QED) is 0.940. The van der Waals surface area contributed by atoms with E-state index in [1.165, 1.54) is 17.7 Å². The van der Waals surface area contributed by atoms with Gasteiger partial charge in [-0.15, -0.1) is 0 Å². The number of hydrogen-bond donors (Lipinski definition) is 1. The molecule has 2 N–H and O–H groups in total. The maximum absolute atomic E-state index is 6.64. The lowest BCUT2D eigenvalue weighted by molar-refractivity contribution is 0.413. The second-order valence-electron chi connectivity index (χ2n) is 6.30. The number of nitrogens with two attached hydrogens (primary N) is 1. The van der Waals surface area contributed by atoms with Crippen molar-refractivity contribution in [2.24, 2.45) is 5.73 Å². The van der Waals surface area contributed by atoms with Gasteiger partial charge in [0, 0.05) is 18.8 Å². The topological polar surface area (TPSA) is 38.5 Å². The fraction of sp³-hybridized carbons (Fsp3) is 0.368. The van der Waals surface area contributed by atoms with E-state index < -0.39 is 5.54 Å². The second-order valence-corrected chi connectivity index (χ2v) is 6.30. The molecule has 0 spiro atoms. The maximum Gasteiger partial charge on any atom is 0.118 e. The summed E-state index contributed by atoms with van der Waals surface area (Å²) in [6, 6.07) is 16.7. The van der Waals surface area contributed by atoms with Gasteiger partial charge in [-0.25, -0.2) is 0 Å². The maximum atomic E-state index is 6.64. The smallest absolute Gasteiger partial charge is 0.118 e. The Hall–Kier alpha value is -2.00. The molecule has 1 aliphatic heterocycles. The summed E-state index contributed by atoms with van der Waals surface area (Å²) in [5.41, 5.74) is 10.1. The molecule has 0 aliphatic carbocycles. The number of fused-ring (bicyclic) bond motifs is 1. The fourth-order valence-electron chi connectivity index (χ4n) is 3.24. The van der Waals surface area contributed by atoms with Gasteiger partial charge in [-0.05, 0) is 49.1 Å². The molecular formula is C19H24N2O. The van der Waals surface area contributed by atoms with Gasteiger partial charge >= 0.3 is 0 Å². The standard InChI is InChI=1S/C19H24N2O/c1-19(20,16-9-11-17(22-2)12-10-16)14-21-13-5-7-15-6-3-4-8-18(15)21/h3-4,6,8-12H,5,7,13-14,20H2,1-2H3. The van der Waals surface area contributed by atoms with E-state index in [-0.39, 0.29) is 0 Å². The molecule has 0 saturated carbocycles. The molecule has 0 saturated heterocycles. The minimum absolute atomic E-state index is 0.392. The Balaban J connectivity index is 1.82. The van der Waals surface area contributed by atoms with Gasteiger partial charge in [0.05, 0.1) is 12.6 Å². The van der Waals surface area contributed by atoms with Crippen LogP contribution in [0.4, 0.5) is 5.69 Å². The van der Waals surface area contributed by atoms with E-state index >= 15 is 0 Å². The number of para-hydroxylation sites is 1. The summed E-state index contributed by atoms with van der Waals surface area (Å²) < 4.78 is 5.23. The zero-order valence-corrected chi connectivity index (χ0v) is 13.4. The van der Waals surface area contributed by atoms with Crippen molar-refractivity contribution in [3.63, 3.8) is 0 Å². The van der Waals surface area contributed by atoms with Gasteiger partial charge in [-0.3, -0.25) is 0 Å². The van der Waals surface area contributed by atoms with Crippen molar-refractivity contribution in [3.05, 3.63) is 59.7 Å². The van der Waals surface area contributed by atoms with Gasteiger partial charge < -0.3 is 15.4 Å². The molecule has 1 atom stereocenters. The summed E-state index contributed by atoms with van der Waals surface area (Å²) >= 11 is 0. The summed E-state index contributed by atoms with van der Waals surface area (Å²) in [5, 5.41) is 0. The summed E-state index contributed by atoms with van der Waals surface area (Å²) in [5.74, 6) is 0.864. The molecule has 1 unspecified atom stereocenters. The molecule has 3 heteroatoms. The van der Waals surface area contributed by atoms with Crippen molar-refractivity contribution in [2.45, 2.75) is 25.3 Å². The van der Waals surface area contributed by atoms with Crippen LogP contribution in [-0.4, -0.2) is 20.2 Å². The molecule has 0 aromatic heterocycles. The molecule has 0 fully saturated rings. The summed E-state index contributed by atoms with van der Waals surface area (Å²) in [6.07, 6.45) is 2.35. The van der Waals surface area contributed by atoms with Gasteiger partial charge in [-0.2, -0.15) is 0 Å². The summed E-state index contributed by atoms with van der Waals surface area (Å²) in [6.45, 7) is 3.99. The average molecular weight is 296 g/mol. The van der Waals surface area contributed by atoms with Gasteiger partial charge in [0.25, 0.3) is 0 Å². The SMILES string of the molecule is COc1ccc(C(C)(N)CN2CCCc3ccccc32)cc1. The molecule has 116 valence electrons. The number of hydrogen-bond acceptors (Lipinski definition) is 3. The lowest BCUT2D eigenvalue weighted by atomic mass is 9.91. The van der Waals surface area contributed by atoms with Crippen molar-refractivity contribution in [1.29, 1.82) is 0 Å². The predicted molar refractivity (Wildman–Crippen MR) is 91.5 cm³/mol. The highest BCUT2D eigenvalue weighted by atomic mass is 16.5. The summed E-state index contributed by atoms with van der Waals surface area (Å²) in [4.78, 5) is 2.42. The van der Waals surface area contributed by atoms with Crippen LogP contribution >= 0.6 is 0 Å². The van der Waals surface area contributed by atoms with E-state index in [1.807, 2.05) is 12.1 Å². The van der Waals surface area contributed by atoms with E-state index in [1.54, 1.807) is 7.11 Å². The first-order chi connectivity index (χ1) is 10.6. The summed E-state index contributed by atoms with van der Waals surface area (Å²) in [7, 11) is 1.68. The van der Waals surface area contributed by atoms with Crippen molar-refractivity contribution in [3.8, 4) is 5.75 Å². The average Bonchev–Trinajstić information content (AvgIpc) is 2.55. The van der Waals surface area contributed by atoms with Crippen LogP contribution in [-0.2, 0) is 12.0 Å². The Morgan fingerprint density at radius 1 is 1.14 bits per heavy atom.